The number of hydrogen-bond donors (Lipinski definition) is 3. The molecule has 36 heavy (non-hydrogen) atoms. The summed E-state index contributed by atoms with van der Waals surface area (Å²) in [6.45, 7) is 4.31. The zero-order valence-corrected chi connectivity index (χ0v) is 23.0. The number of benzene rings is 2. The van der Waals surface area contributed by atoms with E-state index in [1.165, 1.54) is 0 Å². The first-order valence-corrected chi connectivity index (χ1v) is 13.5. The normalized spacial score (nSPS) is 19.4. The van der Waals surface area contributed by atoms with Crippen molar-refractivity contribution in [2.45, 2.75) is 64.3 Å². The lowest BCUT2D eigenvalue weighted by Crippen LogP contribution is -2.54. The summed E-state index contributed by atoms with van der Waals surface area (Å²) in [6.07, 6.45) is 1.95. The van der Waals surface area contributed by atoms with Crippen molar-refractivity contribution in [3.8, 4) is 5.75 Å². The van der Waals surface area contributed by atoms with Crippen molar-refractivity contribution in [2.75, 3.05) is 13.2 Å². The quantitative estimate of drug-likeness (QED) is 0.339. The van der Waals surface area contributed by atoms with E-state index in [0.717, 1.165) is 27.5 Å². The zero-order chi connectivity index (χ0) is 26.1. The Morgan fingerprint density at radius 3 is 2.56 bits per heavy atom. The molecule has 7 nitrogen and oxygen atoms in total. The maximum absolute atomic E-state index is 13.4. The maximum Gasteiger partial charge on any atom is 0.247 e. The number of carbonyl (C=O) groups excluding carboxylic acids is 2. The van der Waals surface area contributed by atoms with E-state index >= 15 is 0 Å². The number of halogens is 1. The Morgan fingerprint density at radius 2 is 1.89 bits per heavy atom. The molecule has 0 aromatic heterocycles. The largest absolute Gasteiger partial charge is 0.482 e. The highest BCUT2D eigenvalue weighted by atomic mass is 127. The molecular weight excluding hydrogens is 571 g/mol. The second-order valence-corrected chi connectivity index (χ2v) is 10.2. The second-order valence-electron chi connectivity index (χ2n) is 9.06. The Labute approximate surface area is 226 Å². The fourth-order valence-corrected chi connectivity index (χ4v) is 4.73. The molecule has 0 saturated carbocycles. The number of aryl methyl sites for hydroxylation is 1. The van der Waals surface area contributed by atoms with E-state index in [9.17, 15) is 14.7 Å². The fraction of sp³-hybridized carbons (Fsp3) is 0.429. The number of aliphatic hydroxyl groups excluding tert-OH is 2. The first kappa shape index (κ1) is 28.1. The van der Waals surface area contributed by atoms with Crippen LogP contribution < -0.4 is 10.1 Å². The van der Waals surface area contributed by atoms with E-state index in [4.69, 9.17) is 9.84 Å². The Kier molecular flexibility index (Phi) is 10.8. The van der Waals surface area contributed by atoms with Crippen LogP contribution in [0.3, 0.4) is 0 Å². The average molecular weight is 607 g/mol. The van der Waals surface area contributed by atoms with Crippen LogP contribution in [-0.2, 0) is 16.1 Å². The number of amides is 2. The molecule has 1 aliphatic rings. The summed E-state index contributed by atoms with van der Waals surface area (Å²) in [7, 11) is 0. The molecule has 0 saturated heterocycles. The van der Waals surface area contributed by atoms with Crippen LogP contribution in [0.15, 0.2) is 60.2 Å². The SMILES string of the molecule is CCCCC(=O)N(Cc1ccc(C)cc1)C1CC(C(=O)NCCO)=CC(Oc2ccccc2I)C1O. The summed E-state index contributed by atoms with van der Waals surface area (Å²) >= 11 is 2.16. The van der Waals surface area contributed by atoms with E-state index in [-0.39, 0.29) is 31.4 Å². The predicted octanol–water partition coefficient (Wildman–Crippen LogP) is 3.73. The van der Waals surface area contributed by atoms with Crippen LogP contribution in [0.5, 0.6) is 5.75 Å². The van der Waals surface area contributed by atoms with Gasteiger partial charge in [-0.2, -0.15) is 0 Å². The Hall–Kier alpha value is -2.43. The van der Waals surface area contributed by atoms with E-state index in [2.05, 4.69) is 27.9 Å². The minimum absolute atomic E-state index is 0.0634. The number of para-hydroxylation sites is 1. The topological polar surface area (TPSA) is 99.1 Å². The lowest BCUT2D eigenvalue weighted by molar-refractivity contribution is -0.139. The molecule has 0 heterocycles. The third-order valence-corrected chi connectivity index (χ3v) is 7.14. The molecule has 3 rings (SSSR count). The van der Waals surface area contributed by atoms with Crippen molar-refractivity contribution >= 4 is 34.4 Å². The van der Waals surface area contributed by atoms with Gasteiger partial charge < -0.3 is 25.2 Å². The first-order valence-electron chi connectivity index (χ1n) is 12.4. The van der Waals surface area contributed by atoms with Gasteiger partial charge in [-0.15, -0.1) is 0 Å². The van der Waals surface area contributed by atoms with Crippen LogP contribution in [0.2, 0.25) is 0 Å². The third-order valence-electron chi connectivity index (χ3n) is 6.25. The molecular formula is C28H35IN2O5. The molecule has 3 unspecified atom stereocenters. The molecule has 0 spiro atoms. The number of nitrogens with zero attached hydrogens (tertiary/aromatic N) is 1. The van der Waals surface area contributed by atoms with Crippen LogP contribution >= 0.6 is 22.6 Å². The molecule has 0 fully saturated rings. The van der Waals surface area contributed by atoms with Gasteiger partial charge in [-0.1, -0.05) is 55.3 Å². The molecule has 0 bridgehead atoms. The number of aliphatic hydroxyl groups is 2. The minimum Gasteiger partial charge on any atom is -0.482 e. The Bertz CT molecular complexity index is 1060. The average Bonchev–Trinajstić information content (AvgIpc) is 2.88. The smallest absolute Gasteiger partial charge is 0.247 e. The summed E-state index contributed by atoms with van der Waals surface area (Å²) in [5.74, 6) is 0.191. The van der Waals surface area contributed by atoms with Gasteiger partial charge in [-0.3, -0.25) is 9.59 Å². The van der Waals surface area contributed by atoms with Crippen molar-refractivity contribution < 1.29 is 24.5 Å². The predicted molar refractivity (Wildman–Crippen MR) is 147 cm³/mol. The Morgan fingerprint density at radius 1 is 1.17 bits per heavy atom. The van der Waals surface area contributed by atoms with Gasteiger partial charge in [0.15, 0.2) is 0 Å². The maximum atomic E-state index is 13.4. The van der Waals surface area contributed by atoms with Crippen molar-refractivity contribution in [1.29, 1.82) is 0 Å². The summed E-state index contributed by atoms with van der Waals surface area (Å²) in [6, 6.07) is 14.8. The van der Waals surface area contributed by atoms with Gasteiger partial charge in [-0.25, -0.2) is 0 Å². The Balaban J connectivity index is 1.96. The van der Waals surface area contributed by atoms with E-state index in [1.54, 1.807) is 11.0 Å². The number of ether oxygens (including phenoxy) is 1. The molecule has 2 aromatic rings. The van der Waals surface area contributed by atoms with E-state index < -0.39 is 18.2 Å². The minimum atomic E-state index is -1.04. The van der Waals surface area contributed by atoms with Crippen molar-refractivity contribution in [3.05, 3.63) is 74.9 Å². The number of unbranched alkanes of at least 4 members (excludes halogenated alkanes) is 1. The van der Waals surface area contributed by atoms with Crippen LogP contribution in [-0.4, -0.2) is 58.3 Å². The zero-order valence-electron chi connectivity index (χ0n) is 20.8. The first-order chi connectivity index (χ1) is 17.3. The molecule has 1 aliphatic carbocycles. The summed E-state index contributed by atoms with van der Waals surface area (Å²) in [5.41, 5.74) is 2.50. The van der Waals surface area contributed by atoms with Gasteiger partial charge in [0.2, 0.25) is 11.8 Å². The number of rotatable bonds is 11. The molecule has 8 heteroatoms. The highest BCUT2D eigenvalue weighted by Gasteiger charge is 2.40. The van der Waals surface area contributed by atoms with Crippen LogP contribution in [0.4, 0.5) is 0 Å². The summed E-state index contributed by atoms with van der Waals surface area (Å²) < 4.78 is 7.06. The van der Waals surface area contributed by atoms with Crippen molar-refractivity contribution in [2.24, 2.45) is 0 Å². The van der Waals surface area contributed by atoms with Gasteiger partial charge in [-0.05, 0) is 59.7 Å². The number of nitrogens with one attached hydrogen (secondary N) is 1. The monoisotopic (exact) mass is 606 g/mol. The van der Waals surface area contributed by atoms with Crippen LogP contribution in [0.25, 0.3) is 0 Å². The van der Waals surface area contributed by atoms with E-state index in [0.29, 0.717) is 24.3 Å². The molecule has 2 aromatic carbocycles. The highest BCUT2D eigenvalue weighted by molar-refractivity contribution is 14.1. The van der Waals surface area contributed by atoms with Gasteiger partial charge >= 0.3 is 0 Å². The molecule has 2 amide bonds. The third kappa shape index (κ3) is 7.54. The van der Waals surface area contributed by atoms with Crippen molar-refractivity contribution in [1.82, 2.24) is 10.2 Å². The van der Waals surface area contributed by atoms with Gasteiger partial charge in [0, 0.05) is 31.5 Å². The molecule has 0 aliphatic heterocycles. The van der Waals surface area contributed by atoms with Crippen LogP contribution in [0, 0.1) is 10.5 Å². The molecule has 0 radical (unpaired) electrons. The molecule has 3 N–H and O–H groups in total. The van der Waals surface area contributed by atoms with Gasteiger partial charge in [0.1, 0.15) is 18.0 Å². The van der Waals surface area contributed by atoms with Gasteiger partial charge in [0.25, 0.3) is 0 Å². The van der Waals surface area contributed by atoms with Crippen LogP contribution in [0.1, 0.15) is 43.7 Å². The number of hydrogen-bond acceptors (Lipinski definition) is 5. The van der Waals surface area contributed by atoms with E-state index in [1.807, 2.05) is 62.4 Å². The number of carbonyl (C=O) groups is 2. The second kappa shape index (κ2) is 13.8. The van der Waals surface area contributed by atoms with Gasteiger partial charge in [0.05, 0.1) is 16.2 Å². The summed E-state index contributed by atoms with van der Waals surface area (Å²) in [5, 5.41) is 23.3. The fourth-order valence-electron chi connectivity index (χ4n) is 4.22. The molecule has 3 atom stereocenters. The standard InChI is InChI=1S/C28H35IN2O5/c1-3-4-9-26(33)31(18-20-12-10-19(2)11-13-20)23-16-21(28(35)30-14-15-32)17-25(27(23)34)36-24-8-6-5-7-22(24)29/h5-8,10-13,17,23,25,27,32,34H,3-4,9,14-16,18H2,1-2H3,(H,30,35). The van der Waals surface area contributed by atoms with Crippen molar-refractivity contribution in [3.63, 3.8) is 0 Å². The lowest BCUT2D eigenvalue weighted by atomic mass is 9.87. The summed E-state index contributed by atoms with van der Waals surface area (Å²) in [4.78, 5) is 28.0. The molecule has 194 valence electrons. The highest BCUT2D eigenvalue weighted by Crippen LogP contribution is 2.31. The lowest BCUT2D eigenvalue weighted by Gasteiger charge is -2.40.